The van der Waals surface area contributed by atoms with E-state index in [9.17, 15) is 4.79 Å². The van der Waals surface area contributed by atoms with Crippen molar-refractivity contribution in [2.75, 3.05) is 18.6 Å². The fourth-order valence-corrected chi connectivity index (χ4v) is 3.90. The number of fused-ring (bicyclic) bond motifs is 2. The van der Waals surface area contributed by atoms with E-state index < -0.39 is 0 Å². The van der Waals surface area contributed by atoms with E-state index in [4.69, 9.17) is 4.74 Å². The van der Waals surface area contributed by atoms with Crippen LogP contribution in [0.1, 0.15) is 20.1 Å². The molecule has 0 atom stereocenters. The number of thiophene rings is 1. The summed E-state index contributed by atoms with van der Waals surface area (Å²) in [7, 11) is 3.33. The summed E-state index contributed by atoms with van der Waals surface area (Å²) in [6.45, 7) is 1.54. The molecule has 0 saturated heterocycles. The average molecular weight is 329 g/mol. The van der Waals surface area contributed by atoms with Gasteiger partial charge >= 0.3 is 5.97 Å². The van der Waals surface area contributed by atoms with Crippen molar-refractivity contribution in [3.05, 3.63) is 33.9 Å². The lowest BCUT2D eigenvalue weighted by Crippen LogP contribution is -2.30. The Morgan fingerprint density at radius 1 is 1.39 bits per heavy atom. The highest BCUT2D eigenvalue weighted by Gasteiger charge is 2.23. The molecule has 0 aliphatic carbocycles. The molecule has 0 unspecified atom stereocenters. The molecule has 0 saturated carbocycles. The van der Waals surface area contributed by atoms with E-state index in [1.54, 1.807) is 12.5 Å². The second-order valence-corrected chi connectivity index (χ2v) is 6.59. The fraction of sp³-hybridized carbons (Fsp3) is 0.333. The van der Waals surface area contributed by atoms with Crippen LogP contribution in [0.15, 0.2) is 18.6 Å². The van der Waals surface area contributed by atoms with Crippen LogP contribution in [0.25, 0.3) is 11.2 Å². The third-order valence-electron chi connectivity index (χ3n) is 3.99. The van der Waals surface area contributed by atoms with Gasteiger partial charge < -0.3 is 14.2 Å². The largest absolute Gasteiger partial charge is 0.465 e. The first-order chi connectivity index (χ1) is 11.2. The summed E-state index contributed by atoms with van der Waals surface area (Å²) >= 11 is 1.49. The summed E-state index contributed by atoms with van der Waals surface area (Å²) in [5.41, 5.74) is 2.83. The van der Waals surface area contributed by atoms with E-state index in [1.807, 2.05) is 17.7 Å². The van der Waals surface area contributed by atoms with Crippen LogP contribution in [-0.2, 0) is 24.8 Å². The number of carbonyl (C=O) groups is 1. The lowest BCUT2D eigenvalue weighted by Gasteiger charge is -2.26. The van der Waals surface area contributed by atoms with E-state index in [2.05, 4.69) is 19.9 Å². The maximum atomic E-state index is 11.7. The molecular formula is C15H15N5O2S. The van der Waals surface area contributed by atoms with E-state index >= 15 is 0 Å². The maximum Gasteiger partial charge on any atom is 0.348 e. The van der Waals surface area contributed by atoms with E-state index in [0.717, 1.165) is 24.1 Å². The van der Waals surface area contributed by atoms with Gasteiger partial charge in [0.15, 0.2) is 5.65 Å². The van der Waals surface area contributed by atoms with E-state index in [-0.39, 0.29) is 5.97 Å². The molecule has 0 spiro atoms. The first-order valence-electron chi connectivity index (χ1n) is 7.24. The Labute approximate surface area is 136 Å². The normalized spacial score (nSPS) is 14.1. The Bertz CT molecular complexity index is 901. The smallest absolute Gasteiger partial charge is 0.348 e. The summed E-state index contributed by atoms with van der Waals surface area (Å²) in [6.07, 6.45) is 4.36. The molecule has 0 radical (unpaired) electrons. The van der Waals surface area contributed by atoms with Gasteiger partial charge in [0.25, 0.3) is 0 Å². The zero-order chi connectivity index (χ0) is 16.0. The SMILES string of the molecule is COC(=O)c1cc2c(s1)CN(c1ncc3ncn(C)c3n1)CC2. The minimum absolute atomic E-state index is 0.275. The Morgan fingerprint density at radius 3 is 3.09 bits per heavy atom. The van der Waals surface area contributed by atoms with Gasteiger partial charge in [0.05, 0.1) is 26.2 Å². The monoisotopic (exact) mass is 329 g/mol. The highest BCUT2D eigenvalue weighted by molar-refractivity contribution is 7.14. The minimum Gasteiger partial charge on any atom is -0.465 e. The van der Waals surface area contributed by atoms with Gasteiger partial charge in [-0.2, -0.15) is 4.98 Å². The number of anilines is 1. The minimum atomic E-state index is -0.275. The molecule has 0 N–H and O–H groups in total. The van der Waals surface area contributed by atoms with Crippen LogP contribution >= 0.6 is 11.3 Å². The molecule has 8 heteroatoms. The van der Waals surface area contributed by atoms with Gasteiger partial charge in [-0.1, -0.05) is 0 Å². The number of aromatic nitrogens is 4. The molecule has 4 rings (SSSR count). The summed E-state index contributed by atoms with van der Waals surface area (Å²) in [5.74, 6) is 0.420. The van der Waals surface area contributed by atoms with Crippen molar-refractivity contribution in [3.63, 3.8) is 0 Å². The van der Waals surface area contributed by atoms with Crippen molar-refractivity contribution in [1.29, 1.82) is 0 Å². The molecule has 1 aliphatic rings. The van der Waals surface area contributed by atoms with Gasteiger partial charge in [-0.3, -0.25) is 0 Å². The third kappa shape index (κ3) is 2.35. The fourth-order valence-electron chi connectivity index (χ4n) is 2.76. The number of esters is 1. The third-order valence-corrected chi connectivity index (χ3v) is 5.14. The zero-order valence-electron chi connectivity index (χ0n) is 12.8. The van der Waals surface area contributed by atoms with Crippen LogP contribution in [0.2, 0.25) is 0 Å². The first kappa shape index (κ1) is 14.1. The summed E-state index contributed by atoms with van der Waals surface area (Å²) in [6, 6.07) is 1.94. The lowest BCUT2D eigenvalue weighted by molar-refractivity contribution is 0.0606. The topological polar surface area (TPSA) is 73.1 Å². The molecule has 23 heavy (non-hydrogen) atoms. The Balaban J connectivity index is 1.64. The number of rotatable bonds is 2. The molecule has 1 aliphatic heterocycles. The number of carbonyl (C=O) groups excluding carboxylic acids is 1. The van der Waals surface area contributed by atoms with Gasteiger partial charge in [-0.25, -0.2) is 14.8 Å². The molecule has 3 aromatic rings. The summed E-state index contributed by atoms with van der Waals surface area (Å²) in [5, 5.41) is 0. The predicted molar refractivity (Wildman–Crippen MR) is 86.7 cm³/mol. The number of aryl methyl sites for hydroxylation is 1. The molecule has 0 bridgehead atoms. The molecule has 0 aromatic carbocycles. The van der Waals surface area contributed by atoms with E-state index in [0.29, 0.717) is 17.4 Å². The summed E-state index contributed by atoms with van der Waals surface area (Å²) < 4.78 is 6.69. The van der Waals surface area contributed by atoms with Crippen molar-refractivity contribution < 1.29 is 9.53 Å². The van der Waals surface area contributed by atoms with Crippen LogP contribution in [-0.4, -0.2) is 39.1 Å². The van der Waals surface area contributed by atoms with Gasteiger partial charge in [-0.15, -0.1) is 11.3 Å². The zero-order valence-corrected chi connectivity index (χ0v) is 13.6. The molecule has 7 nitrogen and oxygen atoms in total. The standard InChI is InChI=1S/C15H15N5O2S/c1-19-8-17-10-6-16-15(18-13(10)19)20-4-3-9-5-11(14(21)22-2)23-12(9)7-20/h5-6,8H,3-4,7H2,1-2H3. The number of hydrogen-bond acceptors (Lipinski definition) is 7. The number of hydrogen-bond donors (Lipinski definition) is 0. The first-order valence-corrected chi connectivity index (χ1v) is 8.06. The molecule has 3 aromatic heterocycles. The van der Waals surface area contributed by atoms with Crippen LogP contribution in [0.4, 0.5) is 5.95 Å². The van der Waals surface area contributed by atoms with Crippen molar-refractivity contribution >= 4 is 34.4 Å². The maximum absolute atomic E-state index is 11.7. The second kappa shape index (κ2) is 5.31. The van der Waals surface area contributed by atoms with Crippen molar-refractivity contribution in [3.8, 4) is 0 Å². The lowest BCUT2D eigenvalue weighted by atomic mass is 10.1. The highest BCUT2D eigenvalue weighted by atomic mass is 32.1. The number of methoxy groups -OCH3 is 1. The molecule has 0 fully saturated rings. The van der Waals surface area contributed by atoms with Crippen molar-refractivity contribution in [2.24, 2.45) is 7.05 Å². The number of imidazole rings is 1. The van der Waals surface area contributed by atoms with Gasteiger partial charge in [0.2, 0.25) is 5.95 Å². The van der Waals surface area contributed by atoms with E-state index in [1.165, 1.54) is 28.9 Å². The van der Waals surface area contributed by atoms with Gasteiger partial charge in [0.1, 0.15) is 10.4 Å². The average Bonchev–Trinajstić information content (AvgIpc) is 3.17. The van der Waals surface area contributed by atoms with Gasteiger partial charge in [-0.05, 0) is 18.1 Å². The van der Waals surface area contributed by atoms with Crippen LogP contribution in [0.5, 0.6) is 0 Å². The molecular weight excluding hydrogens is 314 g/mol. The van der Waals surface area contributed by atoms with Crippen LogP contribution in [0, 0.1) is 0 Å². The molecule has 4 heterocycles. The van der Waals surface area contributed by atoms with Crippen LogP contribution in [0.3, 0.4) is 0 Å². The Morgan fingerprint density at radius 2 is 2.26 bits per heavy atom. The Hall–Kier alpha value is -2.48. The van der Waals surface area contributed by atoms with Crippen molar-refractivity contribution in [2.45, 2.75) is 13.0 Å². The van der Waals surface area contributed by atoms with Gasteiger partial charge in [0, 0.05) is 18.5 Å². The van der Waals surface area contributed by atoms with Crippen LogP contribution < -0.4 is 4.90 Å². The highest BCUT2D eigenvalue weighted by Crippen LogP contribution is 2.30. The molecule has 0 amide bonds. The number of ether oxygens (including phenoxy) is 1. The predicted octanol–water partition coefficient (Wildman–Crippen LogP) is 1.77. The quantitative estimate of drug-likeness (QED) is 0.667. The Kier molecular flexibility index (Phi) is 3.26. The second-order valence-electron chi connectivity index (χ2n) is 5.46. The summed E-state index contributed by atoms with van der Waals surface area (Å²) in [4.78, 5) is 28.9. The van der Waals surface area contributed by atoms with Crippen molar-refractivity contribution in [1.82, 2.24) is 19.5 Å². The number of nitrogens with zero attached hydrogens (tertiary/aromatic N) is 5. The molecule has 118 valence electrons.